The van der Waals surface area contributed by atoms with Crippen LogP contribution in [0.25, 0.3) is 0 Å². The summed E-state index contributed by atoms with van der Waals surface area (Å²) >= 11 is 6.04. The fraction of sp³-hybridized carbons (Fsp3) is 0.571. The predicted molar refractivity (Wildman–Crippen MR) is 82.0 cm³/mol. The number of rotatable bonds is 8. The van der Waals surface area contributed by atoms with Crippen molar-refractivity contribution in [1.82, 2.24) is 5.32 Å². The van der Waals surface area contributed by atoms with Crippen molar-refractivity contribution < 1.29 is 17.9 Å². The van der Waals surface area contributed by atoms with Crippen molar-refractivity contribution >= 4 is 23.4 Å². The number of benzene rings is 1. The summed E-state index contributed by atoms with van der Waals surface area (Å²) in [5, 5.41) is 3.80. The largest absolute Gasteiger partial charge is 0.492 e. The second kappa shape index (κ2) is 8.76. The molecule has 0 saturated carbocycles. The number of halogens is 4. The van der Waals surface area contributed by atoms with Crippen LogP contribution in [0.15, 0.2) is 18.2 Å². The van der Waals surface area contributed by atoms with E-state index >= 15 is 0 Å². The molecule has 2 nitrogen and oxygen atoms in total. The van der Waals surface area contributed by atoms with Crippen molar-refractivity contribution in [3.05, 3.63) is 28.8 Å². The molecule has 0 aliphatic heterocycles. The number of thioether (sulfide) groups is 1. The summed E-state index contributed by atoms with van der Waals surface area (Å²) in [6.45, 7) is 5.52. The Labute approximate surface area is 132 Å². The van der Waals surface area contributed by atoms with Gasteiger partial charge in [0.15, 0.2) is 0 Å². The van der Waals surface area contributed by atoms with Crippen molar-refractivity contribution in [2.45, 2.75) is 25.9 Å². The number of hydrogen-bond donors (Lipinski definition) is 1. The van der Waals surface area contributed by atoms with Crippen LogP contribution >= 0.6 is 23.4 Å². The van der Waals surface area contributed by atoms with Crippen LogP contribution in [-0.4, -0.2) is 24.4 Å². The number of hydrogen-bond acceptors (Lipinski definition) is 3. The molecular formula is C14H19ClF3NOS. The summed E-state index contributed by atoms with van der Waals surface area (Å²) in [6, 6.07) is 5.18. The molecular weight excluding hydrogens is 323 g/mol. The fourth-order valence-corrected chi connectivity index (χ4v) is 2.27. The SMILES string of the molecule is CC(C)CNCc1c(Cl)cccc1OCCSC(F)(F)F. The van der Waals surface area contributed by atoms with E-state index in [-0.39, 0.29) is 24.1 Å². The average Bonchev–Trinajstić information content (AvgIpc) is 2.36. The lowest BCUT2D eigenvalue weighted by Gasteiger charge is -2.14. The lowest BCUT2D eigenvalue weighted by Crippen LogP contribution is -2.20. The first-order valence-corrected chi connectivity index (χ1v) is 7.97. The van der Waals surface area contributed by atoms with Crippen molar-refractivity contribution in [3.63, 3.8) is 0 Å². The van der Waals surface area contributed by atoms with Crippen LogP contribution < -0.4 is 10.1 Å². The van der Waals surface area contributed by atoms with E-state index in [2.05, 4.69) is 19.2 Å². The fourth-order valence-electron chi connectivity index (χ4n) is 1.64. The van der Waals surface area contributed by atoms with Crippen molar-refractivity contribution in [3.8, 4) is 5.75 Å². The first-order valence-electron chi connectivity index (χ1n) is 6.61. The zero-order chi connectivity index (χ0) is 15.9. The lowest BCUT2D eigenvalue weighted by atomic mass is 10.1. The third kappa shape index (κ3) is 7.83. The standard InChI is InChI=1S/C14H19ClF3NOS/c1-10(2)8-19-9-11-12(15)4-3-5-13(11)20-6-7-21-14(16,17)18/h3-5,10,19H,6-9H2,1-2H3. The lowest BCUT2D eigenvalue weighted by molar-refractivity contribution is -0.0329. The van der Waals surface area contributed by atoms with Gasteiger partial charge in [-0.05, 0) is 36.4 Å². The second-order valence-electron chi connectivity index (χ2n) is 4.88. The van der Waals surface area contributed by atoms with E-state index in [9.17, 15) is 13.2 Å². The van der Waals surface area contributed by atoms with E-state index in [0.29, 0.717) is 23.2 Å². The van der Waals surface area contributed by atoms with Gasteiger partial charge in [0, 0.05) is 22.9 Å². The van der Waals surface area contributed by atoms with E-state index < -0.39 is 5.51 Å². The maximum atomic E-state index is 12.0. The third-order valence-corrected chi connectivity index (χ3v) is 3.59. The van der Waals surface area contributed by atoms with Gasteiger partial charge in [0.05, 0.1) is 6.61 Å². The molecule has 0 unspecified atom stereocenters. The average molecular weight is 342 g/mol. The molecule has 1 rings (SSSR count). The van der Waals surface area contributed by atoms with Gasteiger partial charge in [0.2, 0.25) is 0 Å². The molecule has 0 aromatic heterocycles. The Morgan fingerprint density at radius 1 is 1.33 bits per heavy atom. The van der Waals surface area contributed by atoms with E-state index in [4.69, 9.17) is 16.3 Å². The third-order valence-electron chi connectivity index (χ3n) is 2.54. The molecule has 0 fully saturated rings. The zero-order valence-electron chi connectivity index (χ0n) is 12.0. The van der Waals surface area contributed by atoms with Crippen molar-refractivity contribution in [1.29, 1.82) is 0 Å². The van der Waals surface area contributed by atoms with E-state index in [0.717, 1.165) is 12.1 Å². The predicted octanol–water partition coefficient (Wildman–Crippen LogP) is 4.72. The Balaban J connectivity index is 2.54. The van der Waals surface area contributed by atoms with Gasteiger partial charge < -0.3 is 10.1 Å². The molecule has 0 spiro atoms. The Hall–Kier alpha value is -0.590. The summed E-state index contributed by atoms with van der Waals surface area (Å²) in [7, 11) is 0. The van der Waals surface area contributed by atoms with Crippen LogP contribution in [0.3, 0.4) is 0 Å². The number of ether oxygens (including phenoxy) is 1. The number of alkyl halides is 3. The van der Waals surface area contributed by atoms with Gasteiger partial charge in [-0.3, -0.25) is 0 Å². The van der Waals surface area contributed by atoms with E-state index in [1.165, 1.54) is 0 Å². The van der Waals surface area contributed by atoms with Gasteiger partial charge in [-0.15, -0.1) is 0 Å². The molecule has 120 valence electrons. The Kier molecular flexibility index (Phi) is 7.70. The van der Waals surface area contributed by atoms with Crippen LogP contribution in [0.1, 0.15) is 19.4 Å². The smallest absolute Gasteiger partial charge is 0.441 e. The Morgan fingerprint density at radius 2 is 2.05 bits per heavy atom. The molecule has 1 aromatic carbocycles. The molecule has 0 aliphatic rings. The monoisotopic (exact) mass is 341 g/mol. The molecule has 1 N–H and O–H groups in total. The van der Waals surface area contributed by atoms with Crippen LogP contribution in [0.4, 0.5) is 13.2 Å². The van der Waals surface area contributed by atoms with E-state index in [1.54, 1.807) is 18.2 Å². The summed E-state index contributed by atoms with van der Waals surface area (Å²) in [6.07, 6.45) is 0. The Bertz CT molecular complexity index is 441. The maximum absolute atomic E-state index is 12.0. The van der Waals surface area contributed by atoms with Gasteiger partial charge in [-0.1, -0.05) is 31.5 Å². The molecule has 0 radical (unpaired) electrons. The van der Waals surface area contributed by atoms with Crippen LogP contribution in [0, 0.1) is 5.92 Å². The first-order chi connectivity index (χ1) is 9.79. The molecule has 7 heteroatoms. The topological polar surface area (TPSA) is 21.3 Å². The second-order valence-corrected chi connectivity index (χ2v) is 6.45. The van der Waals surface area contributed by atoms with Gasteiger partial charge in [-0.2, -0.15) is 13.2 Å². The molecule has 1 aromatic rings. The number of nitrogens with one attached hydrogen (secondary N) is 1. The minimum absolute atomic E-state index is 0.0122. The summed E-state index contributed by atoms with van der Waals surface area (Å²) in [4.78, 5) is 0. The maximum Gasteiger partial charge on any atom is 0.441 e. The minimum Gasteiger partial charge on any atom is -0.492 e. The highest BCUT2D eigenvalue weighted by atomic mass is 35.5. The highest BCUT2D eigenvalue weighted by Crippen LogP contribution is 2.30. The van der Waals surface area contributed by atoms with Crippen LogP contribution in [-0.2, 0) is 6.54 Å². The summed E-state index contributed by atoms with van der Waals surface area (Å²) < 4.78 is 41.6. The quantitative estimate of drug-likeness (QED) is 0.691. The molecule has 0 amide bonds. The van der Waals surface area contributed by atoms with Gasteiger partial charge >= 0.3 is 5.51 Å². The molecule has 0 aliphatic carbocycles. The Morgan fingerprint density at radius 3 is 2.67 bits per heavy atom. The molecule has 0 atom stereocenters. The van der Waals surface area contributed by atoms with Gasteiger partial charge in [0.25, 0.3) is 0 Å². The van der Waals surface area contributed by atoms with Gasteiger partial charge in [0.1, 0.15) is 5.75 Å². The highest BCUT2D eigenvalue weighted by molar-refractivity contribution is 8.00. The molecule has 0 saturated heterocycles. The first kappa shape index (κ1) is 18.5. The molecule has 0 heterocycles. The summed E-state index contributed by atoms with van der Waals surface area (Å²) in [5.74, 6) is 0.885. The molecule has 21 heavy (non-hydrogen) atoms. The minimum atomic E-state index is -4.22. The van der Waals surface area contributed by atoms with Crippen LogP contribution in [0.5, 0.6) is 5.75 Å². The summed E-state index contributed by atoms with van der Waals surface area (Å²) in [5.41, 5.74) is -3.45. The normalized spacial score (nSPS) is 12.0. The van der Waals surface area contributed by atoms with Crippen LogP contribution in [0.2, 0.25) is 5.02 Å². The van der Waals surface area contributed by atoms with E-state index in [1.807, 2.05) is 0 Å². The molecule has 0 bridgehead atoms. The zero-order valence-corrected chi connectivity index (χ0v) is 13.5. The van der Waals surface area contributed by atoms with Crippen molar-refractivity contribution in [2.24, 2.45) is 5.92 Å². The highest BCUT2D eigenvalue weighted by Gasteiger charge is 2.27. The van der Waals surface area contributed by atoms with Crippen molar-refractivity contribution in [2.75, 3.05) is 18.9 Å². The van der Waals surface area contributed by atoms with Gasteiger partial charge in [-0.25, -0.2) is 0 Å².